The highest BCUT2D eigenvalue weighted by atomic mass is 79.9. The van der Waals surface area contributed by atoms with E-state index in [1.165, 1.54) is 5.56 Å². The minimum Gasteiger partial charge on any atom is -0.366 e. The summed E-state index contributed by atoms with van der Waals surface area (Å²) in [5, 5.41) is 6.64. The third-order valence-corrected chi connectivity index (χ3v) is 4.36. The predicted octanol–water partition coefficient (Wildman–Crippen LogP) is 4.61. The Hall–Kier alpha value is -2.47. The normalized spacial score (nSPS) is 10.5. The zero-order chi connectivity index (χ0) is 16.9. The van der Waals surface area contributed by atoms with Gasteiger partial charge in [0, 0.05) is 35.2 Å². The van der Waals surface area contributed by atoms with Gasteiger partial charge in [-0.25, -0.2) is 9.97 Å². The summed E-state index contributed by atoms with van der Waals surface area (Å²) >= 11 is 3.55. The van der Waals surface area contributed by atoms with Crippen molar-refractivity contribution in [2.45, 2.75) is 20.4 Å². The monoisotopic (exact) mass is 383 g/mol. The summed E-state index contributed by atoms with van der Waals surface area (Å²) in [6.07, 6.45) is 3.56. The summed E-state index contributed by atoms with van der Waals surface area (Å²) in [6.45, 7) is 4.63. The van der Waals surface area contributed by atoms with Crippen LogP contribution in [0.4, 0.5) is 17.3 Å². The number of aromatic nitrogens is 3. The average molecular weight is 384 g/mol. The van der Waals surface area contributed by atoms with E-state index in [1.54, 1.807) is 12.4 Å². The molecule has 0 fully saturated rings. The van der Waals surface area contributed by atoms with E-state index in [-0.39, 0.29) is 0 Å². The van der Waals surface area contributed by atoms with Gasteiger partial charge in [0.2, 0.25) is 0 Å². The van der Waals surface area contributed by atoms with Gasteiger partial charge in [-0.15, -0.1) is 0 Å². The lowest BCUT2D eigenvalue weighted by Crippen LogP contribution is -2.05. The second-order valence-electron chi connectivity index (χ2n) is 5.48. The van der Waals surface area contributed by atoms with E-state index >= 15 is 0 Å². The summed E-state index contributed by atoms with van der Waals surface area (Å²) in [4.78, 5) is 12.9. The molecule has 0 aliphatic carbocycles. The first-order valence-electron chi connectivity index (χ1n) is 7.62. The third-order valence-electron chi connectivity index (χ3n) is 3.51. The fourth-order valence-corrected chi connectivity index (χ4v) is 2.61. The smallest absolute Gasteiger partial charge is 0.136 e. The van der Waals surface area contributed by atoms with E-state index in [4.69, 9.17) is 0 Å². The first kappa shape index (κ1) is 16.4. The highest BCUT2D eigenvalue weighted by Gasteiger charge is 2.04. The van der Waals surface area contributed by atoms with Crippen LogP contribution in [0.1, 0.15) is 17.0 Å². The maximum atomic E-state index is 4.45. The van der Waals surface area contributed by atoms with Crippen LogP contribution in [0.2, 0.25) is 0 Å². The van der Waals surface area contributed by atoms with E-state index < -0.39 is 0 Å². The summed E-state index contributed by atoms with van der Waals surface area (Å²) in [5.41, 5.74) is 3.32. The molecule has 0 bridgehead atoms. The van der Waals surface area contributed by atoms with Crippen molar-refractivity contribution in [3.8, 4) is 0 Å². The summed E-state index contributed by atoms with van der Waals surface area (Å²) in [5.74, 6) is 2.26. The van der Waals surface area contributed by atoms with Gasteiger partial charge in [0.1, 0.15) is 17.5 Å². The zero-order valence-corrected chi connectivity index (χ0v) is 15.1. The van der Waals surface area contributed by atoms with Gasteiger partial charge in [0.05, 0.1) is 0 Å². The molecule has 0 saturated heterocycles. The molecule has 0 spiro atoms. The number of hydrogen-bond acceptors (Lipinski definition) is 5. The summed E-state index contributed by atoms with van der Waals surface area (Å²) < 4.78 is 1.06. The highest BCUT2D eigenvalue weighted by Crippen LogP contribution is 2.23. The third kappa shape index (κ3) is 4.29. The molecule has 2 N–H and O–H groups in total. The molecule has 5 nitrogen and oxygen atoms in total. The minimum absolute atomic E-state index is 0.689. The van der Waals surface area contributed by atoms with Crippen molar-refractivity contribution in [2.24, 2.45) is 0 Å². The van der Waals surface area contributed by atoms with E-state index in [1.807, 2.05) is 37.3 Å². The number of aryl methyl sites for hydroxylation is 2. The zero-order valence-electron chi connectivity index (χ0n) is 13.5. The van der Waals surface area contributed by atoms with Crippen LogP contribution in [0.15, 0.2) is 53.3 Å². The van der Waals surface area contributed by atoms with Crippen molar-refractivity contribution in [1.29, 1.82) is 0 Å². The lowest BCUT2D eigenvalue weighted by molar-refractivity contribution is 1.02. The van der Waals surface area contributed by atoms with Crippen LogP contribution < -0.4 is 10.6 Å². The first-order valence-corrected chi connectivity index (χ1v) is 8.41. The number of hydrogen-bond donors (Lipinski definition) is 2. The molecule has 0 unspecified atom stereocenters. The van der Waals surface area contributed by atoms with Crippen LogP contribution >= 0.6 is 15.9 Å². The van der Waals surface area contributed by atoms with Crippen LogP contribution in [0.5, 0.6) is 0 Å². The molecular formula is C18H18BrN5. The molecule has 24 heavy (non-hydrogen) atoms. The molecule has 3 rings (SSSR count). The van der Waals surface area contributed by atoms with Crippen molar-refractivity contribution in [1.82, 2.24) is 15.0 Å². The summed E-state index contributed by atoms with van der Waals surface area (Å²) in [6, 6.07) is 12.0. The molecule has 2 aromatic heterocycles. The number of halogens is 1. The number of benzene rings is 1. The van der Waals surface area contributed by atoms with Crippen LogP contribution in [0, 0.1) is 13.8 Å². The Kier molecular flexibility index (Phi) is 5.05. The lowest BCUT2D eigenvalue weighted by atomic mass is 10.2. The van der Waals surface area contributed by atoms with E-state index in [0.29, 0.717) is 12.4 Å². The van der Waals surface area contributed by atoms with E-state index in [0.717, 1.165) is 27.4 Å². The van der Waals surface area contributed by atoms with Gasteiger partial charge in [-0.2, -0.15) is 0 Å². The van der Waals surface area contributed by atoms with Gasteiger partial charge in [-0.3, -0.25) is 4.98 Å². The maximum Gasteiger partial charge on any atom is 0.136 e. The van der Waals surface area contributed by atoms with Crippen LogP contribution in [0.3, 0.4) is 0 Å². The predicted molar refractivity (Wildman–Crippen MR) is 100 cm³/mol. The van der Waals surface area contributed by atoms with Gasteiger partial charge in [0.25, 0.3) is 0 Å². The fourth-order valence-electron chi connectivity index (χ4n) is 2.23. The van der Waals surface area contributed by atoms with Crippen LogP contribution in [0.25, 0.3) is 0 Å². The SMILES string of the molecule is Cc1nc(NCc2ccncc2)cc(Nc2ccc(C)c(Br)c2)n1. The van der Waals surface area contributed by atoms with Gasteiger partial charge < -0.3 is 10.6 Å². The second-order valence-corrected chi connectivity index (χ2v) is 6.34. The second kappa shape index (κ2) is 7.40. The molecule has 1 aromatic carbocycles. The Balaban J connectivity index is 1.74. The summed E-state index contributed by atoms with van der Waals surface area (Å²) in [7, 11) is 0. The number of anilines is 3. The Morgan fingerprint density at radius 3 is 2.46 bits per heavy atom. The van der Waals surface area contributed by atoms with Crippen molar-refractivity contribution >= 4 is 33.3 Å². The van der Waals surface area contributed by atoms with Gasteiger partial charge in [-0.1, -0.05) is 22.0 Å². The molecule has 0 aliphatic heterocycles. The first-order chi connectivity index (χ1) is 11.6. The van der Waals surface area contributed by atoms with Crippen molar-refractivity contribution in [3.63, 3.8) is 0 Å². The van der Waals surface area contributed by atoms with Crippen LogP contribution in [-0.4, -0.2) is 15.0 Å². The number of pyridine rings is 1. The van der Waals surface area contributed by atoms with Crippen molar-refractivity contribution in [3.05, 3.63) is 70.2 Å². The molecule has 0 radical (unpaired) electrons. The van der Waals surface area contributed by atoms with Gasteiger partial charge in [-0.05, 0) is 49.2 Å². The van der Waals surface area contributed by atoms with Crippen LogP contribution in [-0.2, 0) is 6.54 Å². The van der Waals surface area contributed by atoms with E-state index in [9.17, 15) is 0 Å². The van der Waals surface area contributed by atoms with Crippen molar-refractivity contribution < 1.29 is 0 Å². The lowest BCUT2D eigenvalue weighted by Gasteiger charge is -2.11. The number of rotatable bonds is 5. The standard InChI is InChI=1S/C18H18BrN5/c1-12-3-4-15(9-16(12)19)24-18-10-17(22-13(2)23-18)21-11-14-5-7-20-8-6-14/h3-10H,11H2,1-2H3,(H2,21,22,23,24). The topological polar surface area (TPSA) is 62.7 Å². The molecule has 3 aromatic rings. The Morgan fingerprint density at radius 1 is 0.958 bits per heavy atom. The Bertz CT molecular complexity index is 836. The molecular weight excluding hydrogens is 366 g/mol. The molecule has 0 saturated carbocycles. The van der Waals surface area contributed by atoms with E-state index in [2.05, 4.69) is 54.5 Å². The van der Waals surface area contributed by atoms with Gasteiger partial charge >= 0.3 is 0 Å². The number of nitrogens with zero attached hydrogens (tertiary/aromatic N) is 3. The molecule has 0 amide bonds. The van der Waals surface area contributed by atoms with Gasteiger partial charge in [0.15, 0.2) is 0 Å². The Labute approximate surface area is 149 Å². The minimum atomic E-state index is 0.689. The highest BCUT2D eigenvalue weighted by molar-refractivity contribution is 9.10. The average Bonchev–Trinajstić information content (AvgIpc) is 2.57. The Morgan fingerprint density at radius 2 is 1.71 bits per heavy atom. The molecule has 2 heterocycles. The molecule has 0 atom stereocenters. The molecule has 122 valence electrons. The number of nitrogens with one attached hydrogen (secondary N) is 2. The van der Waals surface area contributed by atoms with Crippen molar-refractivity contribution in [2.75, 3.05) is 10.6 Å². The largest absolute Gasteiger partial charge is 0.366 e. The maximum absolute atomic E-state index is 4.45. The molecule has 6 heteroatoms. The fraction of sp³-hybridized carbons (Fsp3) is 0.167. The molecule has 0 aliphatic rings. The quantitative estimate of drug-likeness (QED) is 0.673.